The van der Waals surface area contributed by atoms with Gasteiger partial charge >= 0.3 is 0 Å². The first-order valence-electron chi connectivity index (χ1n) is 8.12. The van der Waals surface area contributed by atoms with E-state index in [1.54, 1.807) is 12.4 Å². The van der Waals surface area contributed by atoms with Crippen LogP contribution in [-0.4, -0.2) is 58.7 Å². The maximum absolute atomic E-state index is 12.4. The molecule has 0 bridgehead atoms. The average Bonchev–Trinajstić information content (AvgIpc) is 3.07. The number of aromatic nitrogens is 2. The third kappa shape index (κ3) is 2.98. The first-order chi connectivity index (χ1) is 10.7. The summed E-state index contributed by atoms with van der Waals surface area (Å²) in [5.74, 6) is -0.139. The van der Waals surface area contributed by atoms with E-state index in [-0.39, 0.29) is 17.5 Å². The average molecular weight is 304 g/mol. The Kier molecular flexibility index (Phi) is 4.69. The summed E-state index contributed by atoms with van der Waals surface area (Å²) in [6, 6.07) is 0.0857. The van der Waals surface area contributed by atoms with Gasteiger partial charge in [0.15, 0.2) is 0 Å². The van der Waals surface area contributed by atoms with Crippen molar-refractivity contribution in [1.29, 1.82) is 0 Å². The Hall–Kier alpha value is -1.53. The van der Waals surface area contributed by atoms with E-state index in [1.807, 2.05) is 0 Å². The van der Waals surface area contributed by atoms with Crippen molar-refractivity contribution in [3.05, 3.63) is 24.3 Å². The van der Waals surface area contributed by atoms with Gasteiger partial charge in [0.1, 0.15) is 5.69 Å². The maximum Gasteiger partial charge on any atom is 0.271 e. The van der Waals surface area contributed by atoms with Crippen LogP contribution < -0.4 is 5.32 Å². The highest BCUT2D eigenvalue weighted by atomic mass is 16.5. The summed E-state index contributed by atoms with van der Waals surface area (Å²) in [7, 11) is 0. The molecule has 6 nitrogen and oxygen atoms in total. The van der Waals surface area contributed by atoms with Gasteiger partial charge in [-0.2, -0.15) is 0 Å². The van der Waals surface area contributed by atoms with Crippen LogP contribution in [0.2, 0.25) is 0 Å². The van der Waals surface area contributed by atoms with Crippen LogP contribution in [0.4, 0.5) is 0 Å². The van der Waals surface area contributed by atoms with Crippen molar-refractivity contribution in [2.45, 2.75) is 44.2 Å². The second-order valence-electron chi connectivity index (χ2n) is 6.20. The van der Waals surface area contributed by atoms with Crippen molar-refractivity contribution in [2.24, 2.45) is 0 Å². The lowest BCUT2D eigenvalue weighted by Crippen LogP contribution is -2.62. The second-order valence-corrected chi connectivity index (χ2v) is 6.20. The van der Waals surface area contributed by atoms with Crippen molar-refractivity contribution in [3.63, 3.8) is 0 Å². The summed E-state index contributed by atoms with van der Waals surface area (Å²) < 4.78 is 5.49. The molecule has 1 aliphatic heterocycles. The van der Waals surface area contributed by atoms with Crippen molar-refractivity contribution in [3.8, 4) is 0 Å². The van der Waals surface area contributed by atoms with Crippen LogP contribution in [0.15, 0.2) is 18.6 Å². The number of nitrogens with zero attached hydrogens (tertiary/aromatic N) is 3. The van der Waals surface area contributed by atoms with Crippen LogP contribution in [0, 0.1) is 0 Å². The van der Waals surface area contributed by atoms with E-state index in [4.69, 9.17) is 4.74 Å². The predicted molar refractivity (Wildman–Crippen MR) is 82.6 cm³/mol. The van der Waals surface area contributed by atoms with Gasteiger partial charge in [-0.05, 0) is 19.8 Å². The monoisotopic (exact) mass is 304 g/mol. The number of hydrogen-bond donors (Lipinski definition) is 1. The van der Waals surface area contributed by atoms with E-state index in [0.29, 0.717) is 5.69 Å². The molecule has 1 amide bonds. The molecule has 1 saturated heterocycles. The van der Waals surface area contributed by atoms with Crippen molar-refractivity contribution < 1.29 is 9.53 Å². The number of rotatable bonds is 4. The summed E-state index contributed by atoms with van der Waals surface area (Å²) >= 11 is 0. The van der Waals surface area contributed by atoms with E-state index in [9.17, 15) is 4.79 Å². The van der Waals surface area contributed by atoms with Gasteiger partial charge in [-0.1, -0.05) is 12.8 Å². The Morgan fingerprint density at radius 2 is 2.05 bits per heavy atom. The minimum atomic E-state index is -0.139. The molecule has 2 heterocycles. The van der Waals surface area contributed by atoms with Crippen LogP contribution in [-0.2, 0) is 4.74 Å². The van der Waals surface area contributed by atoms with Gasteiger partial charge in [-0.25, -0.2) is 4.98 Å². The zero-order valence-corrected chi connectivity index (χ0v) is 13.1. The highest BCUT2D eigenvalue weighted by molar-refractivity contribution is 5.92. The Labute approximate surface area is 131 Å². The van der Waals surface area contributed by atoms with Gasteiger partial charge in [0.05, 0.1) is 19.4 Å². The molecule has 22 heavy (non-hydrogen) atoms. The molecule has 120 valence electrons. The van der Waals surface area contributed by atoms with Crippen LogP contribution in [0.5, 0.6) is 0 Å². The SMILES string of the molecule is CC(NC(=O)c1cnccn1)C1(N2CCOCC2)CCCC1. The standard InChI is InChI=1S/C16H24N4O2/c1-13(19-15(21)14-12-17-6-7-18-14)16(4-2-3-5-16)20-8-10-22-11-9-20/h6-7,12-13H,2-5,8-11H2,1H3,(H,19,21). The fourth-order valence-electron chi connectivity index (χ4n) is 3.84. The molecular weight excluding hydrogens is 280 g/mol. The molecule has 0 aromatic carbocycles. The van der Waals surface area contributed by atoms with E-state index in [0.717, 1.165) is 39.1 Å². The first-order valence-corrected chi connectivity index (χ1v) is 8.12. The van der Waals surface area contributed by atoms with Gasteiger partial charge < -0.3 is 10.1 Å². The number of nitrogens with one attached hydrogen (secondary N) is 1. The molecule has 0 spiro atoms. The first kappa shape index (κ1) is 15.4. The minimum absolute atomic E-state index is 0.0572. The van der Waals surface area contributed by atoms with Gasteiger partial charge in [0, 0.05) is 37.1 Å². The molecule has 1 aromatic rings. The lowest BCUT2D eigenvalue weighted by Gasteiger charge is -2.47. The highest BCUT2D eigenvalue weighted by Crippen LogP contribution is 2.38. The normalized spacial score (nSPS) is 23.1. The molecule has 2 fully saturated rings. The van der Waals surface area contributed by atoms with Crippen molar-refractivity contribution >= 4 is 5.91 Å². The number of hydrogen-bond acceptors (Lipinski definition) is 5. The summed E-state index contributed by atoms with van der Waals surface area (Å²) in [6.07, 6.45) is 9.35. The summed E-state index contributed by atoms with van der Waals surface area (Å²) in [6.45, 7) is 5.59. The van der Waals surface area contributed by atoms with E-state index < -0.39 is 0 Å². The van der Waals surface area contributed by atoms with Crippen LogP contribution >= 0.6 is 0 Å². The topological polar surface area (TPSA) is 67.4 Å². The molecular formula is C16H24N4O2. The number of carbonyl (C=O) groups excluding carboxylic acids is 1. The number of amides is 1. The summed E-state index contributed by atoms with van der Waals surface area (Å²) in [4.78, 5) is 23.0. The second kappa shape index (κ2) is 6.71. The minimum Gasteiger partial charge on any atom is -0.379 e. The van der Waals surface area contributed by atoms with Gasteiger partial charge in [-0.3, -0.25) is 14.7 Å². The molecule has 2 aliphatic rings. The van der Waals surface area contributed by atoms with Crippen LogP contribution in [0.25, 0.3) is 0 Å². The Morgan fingerprint density at radius 3 is 2.68 bits per heavy atom. The van der Waals surface area contributed by atoms with Crippen LogP contribution in [0.3, 0.4) is 0 Å². The van der Waals surface area contributed by atoms with Crippen LogP contribution in [0.1, 0.15) is 43.1 Å². The number of carbonyl (C=O) groups is 1. The fraction of sp³-hybridized carbons (Fsp3) is 0.688. The molecule has 3 rings (SSSR count). The smallest absolute Gasteiger partial charge is 0.271 e. The summed E-state index contributed by atoms with van der Waals surface area (Å²) in [5.41, 5.74) is 0.436. The van der Waals surface area contributed by atoms with Gasteiger partial charge in [0.2, 0.25) is 0 Å². The Bertz CT molecular complexity index is 496. The Morgan fingerprint density at radius 1 is 1.32 bits per heavy atom. The molecule has 1 N–H and O–H groups in total. The van der Waals surface area contributed by atoms with E-state index >= 15 is 0 Å². The third-order valence-electron chi connectivity index (χ3n) is 5.06. The molecule has 1 unspecified atom stereocenters. The lowest BCUT2D eigenvalue weighted by molar-refractivity contribution is -0.0323. The molecule has 0 radical (unpaired) electrons. The molecule has 1 saturated carbocycles. The lowest BCUT2D eigenvalue weighted by atomic mass is 9.86. The van der Waals surface area contributed by atoms with E-state index in [2.05, 4.69) is 27.1 Å². The van der Waals surface area contributed by atoms with Crippen molar-refractivity contribution in [1.82, 2.24) is 20.2 Å². The molecule has 1 aromatic heterocycles. The predicted octanol–water partition coefficient (Wildman–Crippen LogP) is 1.24. The number of ether oxygens (including phenoxy) is 1. The zero-order chi connectivity index (χ0) is 15.4. The Balaban J connectivity index is 1.72. The molecule has 6 heteroatoms. The largest absolute Gasteiger partial charge is 0.379 e. The number of morpholine rings is 1. The highest BCUT2D eigenvalue weighted by Gasteiger charge is 2.45. The molecule has 1 atom stereocenters. The fourth-order valence-corrected chi connectivity index (χ4v) is 3.84. The molecule has 1 aliphatic carbocycles. The van der Waals surface area contributed by atoms with Gasteiger partial charge in [0.25, 0.3) is 5.91 Å². The van der Waals surface area contributed by atoms with Crippen molar-refractivity contribution in [2.75, 3.05) is 26.3 Å². The quantitative estimate of drug-likeness (QED) is 0.906. The van der Waals surface area contributed by atoms with Gasteiger partial charge in [-0.15, -0.1) is 0 Å². The third-order valence-corrected chi connectivity index (χ3v) is 5.06. The maximum atomic E-state index is 12.4. The zero-order valence-electron chi connectivity index (χ0n) is 13.1. The summed E-state index contributed by atoms with van der Waals surface area (Å²) in [5, 5.41) is 3.15. The van der Waals surface area contributed by atoms with E-state index in [1.165, 1.54) is 19.0 Å².